The summed E-state index contributed by atoms with van der Waals surface area (Å²) in [6.07, 6.45) is 5.76. The number of halogens is 1. The Morgan fingerprint density at radius 2 is 2.05 bits per heavy atom. The molecule has 0 bridgehead atoms. The Morgan fingerprint density at radius 3 is 2.65 bits per heavy atom. The van der Waals surface area contributed by atoms with Gasteiger partial charge in [-0.3, -0.25) is 4.99 Å². The van der Waals surface area contributed by atoms with Gasteiger partial charge in [0.05, 0.1) is 6.54 Å². The van der Waals surface area contributed by atoms with Gasteiger partial charge in [-0.25, -0.2) is 0 Å². The SMILES string of the molecule is CN=C(NCCn1cccc1)NCc1nncn1C.I. The standard InChI is InChI=1S/C12H19N7.HI/c1-13-12(14-5-8-19-6-3-4-7-19)15-9-11-17-16-10-18(11)2;/h3-4,6-7,10H,5,8-9H2,1-2H3,(H2,13,14,15);1H. The lowest BCUT2D eigenvalue weighted by atomic mass is 10.5. The first-order valence-electron chi connectivity index (χ1n) is 6.17. The first-order chi connectivity index (χ1) is 9.29. The minimum absolute atomic E-state index is 0. The molecule has 0 fully saturated rings. The third-order valence-electron chi connectivity index (χ3n) is 2.77. The molecule has 2 aromatic rings. The quantitative estimate of drug-likeness (QED) is 0.447. The van der Waals surface area contributed by atoms with Crippen LogP contribution in [-0.2, 0) is 20.1 Å². The molecule has 2 aromatic heterocycles. The molecule has 0 aliphatic rings. The first kappa shape index (κ1) is 16.5. The molecule has 0 aromatic carbocycles. The zero-order valence-corrected chi connectivity index (χ0v) is 14.0. The normalized spacial score (nSPS) is 11.0. The van der Waals surface area contributed by atoms with E-state index in [1.54, 1.807) is 13.4 Å². The molecule has 0 amide bonds. The van der Waals surface area contributed by atoms with E-state index in [4.69, 9.17) is 0 Å². The molecule has 2 rings (SSSR count). The summed E-state index contributed by atoms with van der Waals surface area (Å²) in [5.74, 6) is 1.63. The number of rotatable bonds is 5. The Morgan fingerprint density at radius 1 is 1.30 bits per heavy atom. The van der Waals surface area contributed by atoms with E-state index >= 15 is 0 Å². The molecule has 0 unspecified atom stereocenters. The summed E-state index contributed by atoms with van der Waals surface area (Å²) in [5.41, 5.74) is 0. The smallest absolute Gasteiger partial charge is 0.191 e. The van der Waals surface area contributed by atoms with Crippen molar-refractivity contribution >= 4 is 29.9 Å². The van der Waals surface area contributed by atoms with Crippen molar-refractivity contribution < 1.29 is 0 Å². The third kappa shape index (κ3) is 4.83. The fourth-order valence-corrected chi connectivity index (χ4v) is 1.67. The Labute approximate surface area is 135 Å². The van der Waals surface area contributed by atoms with E-state index in [0.29, 0.717) is 6.54 Å². The highest BCUT2D eigenvalue weighted by Crippen LogP contribution is 1.90. The maximum Gasteiger partial charge on any atom is 0.191 e. The van der Waals surface area contributed by atoms with Crippen LogP contribution in [0.5, 0.6) is 0 Å². The molecule has 8 heteroatoms. The fourth-order valence-electron chi connectivity index (χ4n) is 1.67. The molecule has 0 atom stereocenters. The maximum atomic E-state index is 4.16. The van der Waals surface area contributed by atoms with Crippen LogP contribution < -0.4 is 10.6 Å². The minimum Gasteiger partial charge on any atom is -0.355 e. The number of hydrogen-bond acceptors (Lipinski definition) is 3. The van der Waals surface area contributed by atoms with Crippen molar-refractivity contribution in [2.45, 2.75) is 13.1 Å². The van der Waals surface area contributed by atoms with Crippen LogP contribution in [0, 0.1) is 0 Å². The summed E-state index contributed by atoms with van der Waals surface area (Å²) in [6, 6.07) is 4.03. The van der Waals surface area contributed by atoms with Crippen LogP contribution in [0.3, 0.4) is 0 Å². The molecule has 0 radical (unpaired) electrons. The van der Waals surface area contributed by atoms with Crippen molar-refractivity contribution in [1.29, 1.82) is 0 Å². The Balaban J connectivity index is 0.00000200. The lowest BCUT2D eigenvalue weighted by Crippen LogP contribution is -2.38. The topological polar surface area (TPSA) is 72.1 Å². The highest BCUT2D eigenvalue weighted by molar-refractivity contribution is 14.0. The lowest BCUT2D eigenvalue weighted by Gasteiger charge is -2.11. The van der Waals surface area contributed by atoms with Gasteiger partial charge in [0, 0.05) is 39.6 Å². The Kier molecular flexibility index (Phi) is 7.05. The van der Waals surface area contributed by atoms with Gasteiger partial charge >= 0.3 is 0 Å². The lowest BCUT2D eigenvalue weighted by molar-refractivity contribution is 0.659. The number of aryl methyl sites for hydroxylation is 1. The molecule has 7 nitrogen and oxygen atoms in total. The molecule has 0 saturated carbocycles. The fraction of sp³-hybridized carbons (Fsp3) is 0.417. The van der Waals surface area contributed by atoms with Crippen LogP contribution in [0.15, 0.2) is 35.8 Å². The monoisotopic (exact) mass is 389 g/mol. The number of guanidine groups is 1. The largest absolute Gasteiger partial charge is 0.355 e. The molecule has 2 heterocycles. The van der Waals surface area contributed by atoms with Gasteiger partial charge in [-0.15, -0.1) is 34.2 Å². The predicted octanol–water partition coefficient (Wildman–Crippen LogP) is 0.600. The Bertz CT molecular complexity index is 518. The summed E-state index contributed by atoms with van der Waals surface area (Å²) in [5, 5.41) is 14.3. The van der Waals surface area contributed by atoms with Crippen LogP contribution >= 0.6 is 24.0 Å². The van der Waals surface area contributed by atoms with Crippen molar-refractivity contribution in [2.75, 3.05) is 13.6 Å². The van der Waals surface area contributed by atoms with E-state index in [1.807, 2.05) is 36.1 Å². The summed E-state index contributed by atoms with van der Waals surface area (Å²) in [7, 11) is 3.67. The number of nitrogens with zero attached hydrogens (tertiary/aromatic N) is 5. The van der Waals surface area contributed by atoms with Gasteiger partial charge in [-0.1, -0.05) is 0 Å². The second-order valence-electron chi connectivity index (χ2n) is 4.13. The van der Waals surface area contributed by atoms with Crippen LogP contribution in [0.4, 0.5) is 0 Å². The molecule has 0 aliphatic heterocycles. The van der Waals surface area contributed by atoms with E-state index in [2.05, 4.69) is 30.4 Å². The molecule has 110 valence electrons. The van der Waals surface area contributed by atoms with Crippen molar-refractivity contribution in [3.8, 4) is 0 Å². The van der Waals surface area contributed by atoms with E-state index in [-0.39, 0.29) is 24.0 Å². The van der Waals surface area contributed by atoms with Crippen molar-refractivity contribution in [3.05, 3.63) is 36.7 Å². The number of hydrogen-bond donors (Lipinski definition) is 2. The van der Waals surface area contributed by atoms with E-state index < -0.39 is 0 Å². The minimum atomic E-state index is 0. The molecule has 0 aliphatic carbocycles. The third-order valence-corrected chi connectivity index (χ3v) is 2.77. The highest BCUT2D eigenvalue weighted by atomic mass is 127. The van der Waals surface area contributed by atoms with Crippen molar-refractivity contribution in [2.24, 2.45) is 12.0 Å². The Hall–Kier alpha value is -1.58. The zero-order chi connectivity index (χ0) is 13.5. The summed E-state index contributed by atoms with van der Waals surface area (Å²) in [4.78, 5) is 4.16. The average Bonchev–Trinajstić information content (AvgIpc) is 3.05. The van der Waals surface area contributed by atoms with E-state index in [9.17, 15) is 0 Å². The molecule has 2 N–H and O–H groups in total. The molecule has 0 spiro atoms. The van der Waals surface area contributed by atoms with Crippen LogP contribution in [0.2, 0.25) is 0 Å². The molecular formula is C12H20IN7. The van der Waals surface area contributed by atoms with Crippen molar-refractivity contribution in [3.63, 3.8) is 0 Å². The number of nitrogens with one attached hydrogen (secondary N) is 2. The summed E-state index contributed by atoms with van der Waals surface area (Å²) in [6.45, 7) is 2.31. The predicted molar refractivity (Wildman–Crippen MR) is 89.1 cm³/mol. The van der Waals surface area contributed by atoms with Crippen LogP contribution in [-0.4, -0.2) is 38.9 Å². The highest BCUT2D eigenvalue weighted by Gasteiger charge is 2.02. The van der Waals surface area contributed by atoms with Gasteiger partial charge in [-0.05, 0) is 12.1 Å². The van der Waals surface area contributed by atoms with E-state index in [1.165, 1.54) is 0 Å². The van der Waals surface area contributed by atoms with Crippen LogP contribution in [0.1, 0.15) is 5.82 Å². The number of aromatic nitrogens is 4. The number of aliphatic imine (C=N–C) groups is 1. The second kappa shape index (κ2) is 8.56. The summed E-state index contributed by atoms with van der Waals surface area (Å²) >= 11 is 0. The van der Waals surface area contributed by atoms with Gasteiger partial charge in [0.1, 0.15) is 6.33 Å². The molecular weight excluding hydrogens is 369 g/mol. The maximum absolute atomic E-state index is 4.16. The van der Waals surface area contributed by atoms with Gasteiger partial charge in [0.15, 0.2) is 11.8 Å². The average molecular weight is 389 g/mol. The van der Waals surface area contributed by atoms with E-state index in [0.717, 1.165) is 24.9 Å². The second-order valence-corrected chi connectivity index (χ2v) is 4.13. The van der Waals surface area contributed by atoms with Gasteiger partial charge in [0.2, 0.25) is 0 Å². The summed E-state index contributed by atoms with van der Waals surface area (Å²) < 4.78 is 3.99. The first-order valence-corrected chi connectivity index (χ1v) is 6.17. The molecule has 0 saturated heterocycles. The van der Waals surface area contributed by atoms with Crippen molar-refractivity contribution in [1.82, 2.24) is 30.0 Å². The van der Waals surface area contributed by atoms with Gasteiger partial charge in [0.25, 0.3) is 0 Å². The van der Waals surface area contributed by atoms with Crippen LogP contribution in [0.25, 0.3) is 0 Å². The molecule has 20 heavy (non-hydrogen) atoms. The zero-order valence-electron chi connectivity index (χ0n) is 11.7. The van der Waals surface area contributed by atoms with Gasteiger partial charge < -0.3 is 19.8 Å². The van der Waals surface area contributed by atoms with Gasteiger partial charge in [-0.2, -0.15) is 0 Å².